The number of hydrogen-bond acceptors (Lipinski definition) is 15. The van der Waals surface area contributed by atoms with Crippen LogP contribution in [0.4, 0.5) is 5.95 Å². The minimum atomic E-state index is -5.27. The first-order valence-electron chi connectivity index (χ1n) is 11.6. The number of phosphoric acid groups is 1. The van der Waals surface area contributed by atoms with Gasteiger partial charge in [0.1, 0.15) is 36.6 Å². The normalized spacial score (nSPS) is 32.0. The van der Waals surface area contributed by atoms with Crippen LogP contribution in [0.2, 0.25) is 0 Å². The Morgan fingerprint density at radius 1 is 1.00 bits per heavy atom. The van der Waals surface area contributed by atoms with Crippen molar-refractivity contribution in [3.63, 3.8) is 0 Å². The minimum absolute atomic E-state index is 0.131. The molecular formula is C19H24N7O13P. The zero-order chi connectivity index (χ0) is 28.9. The number of anilines is 1. The summed E-state index contributed by atoms with van der Waals surface area (Å²) in [5, 5.41) is 40.8. The van der Waals surface area contributed by atoms with Crippen molar-refractivity contribution >= 4 is 24.9 Å². The molecule has 40 heavy (non-hydrogen) atoms. The average Bonchev–Trinajstić information content (AvgIpc) is 3.53. The topological polar surface area (TPSA) is 300 Å². The van der Waals surface area contributed by atoms with Crippen molar-refractivity contribution in [2.24, 2.45) is 0 Å². The largest absolute Gasteiger partial charge is 0.473 e. The van der Waals surface area contributed by atoms with Crippen LogP contribution < -0.4 is 22.5 Å². The molecule has 218 valence electrons. The molecule has 21 heteroatoms. The van der Waals surface area contributed by atoms with Crippen LogP contribution in [0.3, 0.4) is 0 Å². The van der Waals surface area contributed by atoms with E-state index in [0.717, 1.165) is 27.7 Å². The molecule has 0 aromatic carbocycles. The number of nitrogens with one attached hydrogen (secondary N) is 2. The van der Waals surface area contributed by atoms with Crippen LogP contribution in [-0.4, -0.2) is 104 Å². The lowest BCUT2D eigenvalue weighted by Crippen LogP contribution is -2.39. The highest BCUT2D eigenvalue weighted by Crippen LogP contribution is 2.52. The molecule has 0 spiro atoms. The van der Waals surface area contributed by atoms with E-state index >= 15 is 0 Å². The Morgan fingerprint density at radius 2 is 1.68 bits per heavy atom. The number of hydrogen-bond donors (Lipinski definition) is 8. The molecule has 0 radical (unpaired) electrons. The Labute approximate surface area is 220 Å². The number of rotatable bonds is 8. The standard InChI is InChI=1S/C19H24N7O13P/c20-18-23-14-9(15(32)24-18)21-5-26(14)17-13(10(30)6(3-27)36-17)39-40(34,35)38-12-7(4-28)37-16(11(12)31)25-2-1-8(29)22-19(25)33/h1-2,5-7,10-13,16-17,27-28,30-31H,3-4H2,(H,34,35)(H,22,29,33)(H3,20,23,24,32)/t6-,7-,10-,11-,12-,13-,16-,17-/m1/s1. The van der Waals surface area contributed by atoms with Gasteiger partial charge in [-0.1, -0.05) is 0 Å². The third kappa shape index (κ3) is 5.01. The van der Waals surface area contributed by atoms with Crippen LogP contribution in [0.1, 0.15) is 12.5 Å². The summed E-state index contributed by atoms with van der Waals surface area (Å²) in [6, 6.07) is 0.967. The molecule has 0 bridgehead atoms. The second-order valence-corrected chi connectivity index (χ2v) is 10.2. The Bertz CT molecular complexity index is 1620. The number of aromatic nitrogens is 6. The quantitative estimate of drug-likeness (QED) is 0.115. The van der Waals surface area contributed by atoms with Gasteiger partial charge in [0.2, 0.25) is 5.95 Å². The van der Waals surface area contributed by atoms with Gasteiger partial charge in [0.15, 0.2) is 23.6 Å². The van der Waals surface area contributed by atoms with E-state index in [0.29, 0.717) is 0 Å². The lowest BCUT2D eigenvalue weighted by atomic mass is 10.1. The number of nitrogen functional groups attached to an aromatic ring is 1. The van der Waals surface area contributed by atoms with Crippen molar-refractivity contribution in [2.45, 2.75) is 49.1 Å². The molecule has 20 nitrogen and oxygen atoms in total. The number of nitrogens with zero attached hydrogens (tertiary/aromatic N) is 4. The SMILES string of the molecule is Nc1nc2c(ncn2[C@@H]2O[C@H](CO)[C@@H](O)[C@H]2OP(=O)(O)O[C@H]2[C@@H](O)[C@H](n3ccc(=O)[nH]c3=O)O[C@@H]2CO)c(=O)[nH]1. The van der Waals surface area contributed by atoms with Crippen LogP contribution in [0.25, 0.3) is 11.2 Å². The van der Waals surface area contributed by atoms with Crippen molar-refractivity contribution in [3.05, 3.63) is 49.8 Å². The summed E-state index contributed by atoms with van der Waals surface area (Å²) in [7, 11) is -5.27. The summed E-state index contributed by atoms with van der Waals surface area (Å²) in [6.45, 7) is -1.57. The second kappa shape index (κ2) is 10.6. The zero-order valence-corrected chi connectivity index (χ0v) is 21.0. The van der Waals surface area contributed by atoms with Crippen molar-refractivity contribution < 1.29 is 48.4 Å². The maximum absolute atomic E-state index is 13.1. The summed E-state index contributed by atoms with van der Waals surface area (Å²) < 4.78 is 36.3. The molecule has 2 saturated heterocycles. The number of ether oxygens (including phenoxy) is 2. The summed E-state index contributed by atoms with van der Waals surface area (Å²) >= 11 is 0. The highest BCUT2D eigenvalue weighted by atomic mass is 31.2. The number of phosphoric ester groups is 1. The van der Waals surface area contributed by atoms with E-state index in [9.17, 15) is 44.3 Å². The number of nitrogens with two attached hydrogens (primary N) is 1. The molecule has 2 aliphatic rings. The number of aliphatic hydroxyl groups excluding tert-OH is 4. The summed E-state index contributed by atoms with van der Waals surface area (Å²) in [5.74, 6) is -0.286. The predicted octanol–water partition coefficient (Wildman–Crippen LogP) is -4.38. The van der Waals surface area contributed by atoms with Gasteiger partial charge in [0.25, 0.3) is 11.1 Å². The Balaban J connectivity index is 1.42. The molecule has 0 aliphatic carbocycles. The molecule has 1 unspecified atom stereocenters. The lowest BCUT2D eigenvalue weighted by Gasteiger charge is -2.27. The van der Waals surface area contributed by atoms with Gasteiger partial charge < -0.3 is 40.5 Å². The molecule has 0 saturated carbocycles. The van der Waals surface area contributed by atoms with Gasteiger partial charge in [-0.3, -0.25) is 37.7 Å². The average molecular weight is 589 g/mol. The molecule has 5 heterocycles. The lowest BCUT2D eigenvalue weighted by molar-refractivity contribution is -0.0599. The third-order valence-electron chi connectivity index (χ3n) is 6.34. The van der Waals surface area contributed by atoms with Crippen LogP contribution in [-0.2, 0) is 23.1 Å². The Morgan fingerprint density at radius 3 is 2.35 bits per heavy atom. The highest BCUT2D eigenvalue weighted by Gasteiger charge is 2.53. The van der Waals surface area contributed by atoms with Gasteiger partial charge in [0, 0.05) is 12.3 Å². The van der Waals surface area contributed by atoms with Crippen LogP contribution in [0.15, 0.2) is 33.0 Å². The maximum Gasteiger partial charge on any atom is 0.473 e. The monoisotopic (exact) mass is 589 g/mol. The zero-order valence-electron chi connectivity index (χ0n) is 20.1. The number of imidazole rings is 1. The first kappa shape index (κ1) is 28.2. The van der Waals surface area contributed by atoms with Crippen molar-refractivity contribution in [3.8, 4) is 0 Å². The third-order valence-corrected chi connectivity index (χ3v) is 7.36. The summed E-state index contributed by atoms with van der Waals surface area (Å²) in [5.41, 5.74) is 2.89. The van der Waals surface area contributed by atoms with Crippen molar-refractivity contribution in [1.29, 1.82) is 0 Å². The number of aliphatic hydroxyl groups is 4. The smallest absolute Gasteiger partial charge is 0.394 e. The van der Waals surface area contributed by atoms with E-state index < -0.39 is 86.9 Å². The second-order valence-electron chi connectivity index (χ2n) is 8.88. The molecule has 3 aromatic rings. The van der Waals surface area contributed by atoms with Crippen LogP contribution >= 0.6 is 7.82 Å². The first-order valence-corrected chi connectivity index (χ1v) is 13.1. The fraction of sp³-hybridized carbons (Fsp3) is 0.526. The van der Waals surface area contributed by atoms with Gasteiger partial charge in [-0.15, -0.1) is 0 Å². The fourth-order valence-corrected chi connectivity index (χ4v) is 5.68. The van der Waals surface area contributed by atoms with Crippen LogP contribution in [0.5, 0.6) is 0 Å². The number of H-pyrrole nitrogens is 2. The summed E-state index contributed by atoms with van der Waals surface area (Å²) in [4.78, 5) is 58.4. The first-order chi connectivity index (χ1) is 18.9. The highest BCUT2D eigenvalue weighted by molar-refractivity contribution is 7.47. The van der Waals surface area contributed by atoms with Gasteiger partial charge in [-0.05, 0) is 0 Å². The van der Waals surface area contributed by atoms with E-state index in [1.165, 1.54) is 0 Å². The molecule has 9 N–H and O–H groups in total. The van der Waals surface area contributed by atoms with E-state index in [4.69, 9.17) is 24.3 Å². The van der Waals surface area contributed by atoms with E-state index in [2.05, 4.69) is 15.0 Å². The molecule has 0 amide bonds. The molecule has 9 atom stereocenters. The van der Waals surface area contributed by atoms with E-state index in [1.54, 1.807) is 0 Å². The Hall–Kier alpha value is -3.30. The fourth-order valence-electron chi connectivity index (χ4n) is 4.52. The molecule has 2 aliphatic heterocycles. The molecule has 5 rings (SSSR count). The van der Waals surface area contributed by atoms with Crippen molar-refractivity contribution in [1.82, 2.24) is 29.1 Å². The summed E-state index contributed by atoms with van der Waals surface area (Å²) in [6.07, 6.45) is -10.7. The number of aromatic amines is 2. The van der Waals surface area contributed by atoms with Gasteiger partial charge in [-0.25, -0.2) is 14.3 Å². The number of fused-ring (bicyclic) bond motifs is 1. The van der Waals surface area contributed by atoms with Gasteiger partial charge >= 0.3 is 13.5 Å². The molecule has 3 aromatic heterocycles. The van der Waals surface area contributed by atoms with E-state index in [-0.39, 0.29) is 17.1 Å². The van der Waals surface area contributed by atoms with Crippen molar-refractivity contribution in [2.75, 3.05) is 18.9 Å². The Kier molecular flexibility index (Phi) is 7.48. The molecule has 2 fully saturated rings. The van der Waals surface area contributed by atoms with Crippen LogP contribution in [0, 0.1) is 0 Å². The molecular weight excluding hydrogens is 565 g/mol. The maximum atomic E-state index is 13.1. The predicted molar refractivity (Wildman–Crippen MR) is 127 cm³/mol. The van der Waals surface area contributed by atoms with Gasteiger partial charge in [0.05, 0.1) is 19.5 Å². The minimum Gasteiger partial charge on any atom is -0.394 e. The van der Waals surface area contributed by atoms with E-state index in [1.807, 2.05) is 4.98 Å². The van der Waals surface area contributed by atoms with Gasteiger partial charge in [-0.2, -0.15) is 4.98 Å².